The van der Waals surface area contributed by atoms with Gasteiger partial charge in [0.05, 0.1) is 19.3 Å². The van der Waals surface area contributed by atoms with Gasteiger partial charge in [0.2, 0.25) is 0 Å². The predicted molar refractivity (Wildman–Crippen MR) is 142 cm³/mol. The van der Waals surface area contributed by atoms with Gasteiger partial charge in [-0.25, -0.2) is 4.79 Å². The van der Waals surface area contributed by atoms with Gasteiger partial charge >= 0.3 is 5.97 Å². The van der Waals surface area contributed by atoms with Gasteiger partial charge in [0.15, 0.2) is 0 Å². The van der Waals surface area contributed by atoms with Crippen LogP contribution in [0.2, 0.25) is 0 Å². The lowest BCUT2D eigenvalue weighted by Crippen LogP contribution is -2.01. The molecule has 0 unspecified atom stereocenters. The van der Waals surface area contributed by atoms with Crippen molar-refractivity contribution in [1.29, 1.82) is 0 Å². The Morgan fingerprint density at radius 3 is 1.79 bits per heavy atom. The van der Waals surface area contributed by atoms with Crippen LogP contribution in [0.5, 0.6) is 11.5 Å². The molecule has 34 heavy (non-hydrogen) atoms. The molecule has 0 saturated carbocycles. The molecule has 0 aliphatic heterocycles. The van der Waals surface area contributed by atoms with Crippen LogP contribution in [0.25, 0.3) is 10.8 Å². The van der Waals surface area contributed by atoms with E-state index in [2.05, 4.69) is 6.92 Å². The van der Waals surface area contributed by atoms with Crippen molar-refractivity contribution >= 4 is 16.7 Å². The number of esters is 1. The van der Waals surface area contributed by atoms with Gasteiger partial charge in [-0.1, -0.05) is 103 Å². The molecule has 4 nitrogen and oxygen atoms in total. The minimum Gasteiger partial charge on any atom is -0.507 e. The molecule has 0 atom stereocenters. The summed E-state index contributed by atoms with van der Waals surface area (Å²) in [5.74, 6) is 0.369. The molecule has 4 heteroatoms. The van der Waals surface area contributed by atoms with E-state index in [9.17, 15) is 9.90 Å². The number of fused-ring (bicyclic) bond motifs is 1. The molecule has 2 aromatic rings. The Morgan fingerprint density at radius 1 is 0.735 bits per heavy atom. The average molecular weight is 471 g/mol. The van der Waals surface area contributed by atoms with E-state index in [4.69, 9.17) is 9.47 Å². The van der Waals surface area contributed by atoms with Crippen LogP contribution in [-0.4, -0.2) is 24.8 Å². The van der Waals surface area contributed by atoms with Crippen molar-refractivity contribution in [2.75, 3.05) is 13.7 Å². The van der Waals surface area contributed by atoms with Crippen LogP contribution in [0.3, 0.4) is 0 Å². The predicted octanol–water partition coefficient (Wildman–Crippen LogP) is 8.97. The smallest absolute Gasteiger partial charge is 0.338 e. The Kier molecular flexibility index (Phi) is 14.2. The maximum Gasteiger partial charge on any atom is 0.338 e. The van der Waals surface area contributed by atoms with Crippen molar-refractivity contribution in [1.82, 2.24) is 0 Å². The number of carbonyl (C=O) groups excluding carboxylic acids is 1. The Bertz CT molecular complexity index is 830. The van der Waals surface area contributed by atoms with E-state index in [0.717, 1.165) is 17.6 Å². The topological polar surface area (TPSA) is 55.8 Å². The molecule has 0 radical (unpaired) electrons. The zero-order chi connectivity index (χ0) is 24.4. The van der Waals surface area contributed by atoms with E-state index in [0.29, 0.717) is 17.6 Å². The number of benzene rings is 2. The largest absolute Gasteiger partial charge is 0.507 e. The number of rotatable bonds is 19. The minimum atomic E-state index is -0.461. The summed E-state index contributed by atoms with van der Waals surface area (Å²) in [4.78, 5) is 11.8. The Labute approximate surface area is 207 Å². The standard InChI is InChI=1S/C30H46O4/c1-3-4-5-6-7-8-9-10-11-12-13-14-15-16-17-18-21-34-27-19-20-28-25(23-27)22-26(24-29(28)31)30(32)33-2/h19-20,22-24,31H,3-18,21H2,1-2H3. The highest BCUT2D eigenvalue weighted by atomic mass is 16.5. The minimum absolute atomic E-state index is 0.0715. The highest BCUT2D eigenvalue weighted by molar-refractivity contribution is 5.98. The van der Waals surface area contributed by atoms with E-state index in [1.807, 2.05) is 18.2 Å². The van der Waals surface area contributed by atoms with Crippen molar-refractivity contribution in [2.24, 2.45) is 0 Å². The fourth-order valence-corrected chi connectivity index (χ4v) is 4.49. The molecular formula is C30H46O4. The van der Waals surface area contributed by atoms with Gasteiger partial charge in [0.1, 0.15) is 11.5 Å². The number of ether oxygens (including phenoxy) is 2. The van der Waals surface area contributed by atoms with Crippen LogP contribution in [0.4, 0.5) is 0 Å². The second-order valence-corrected chi connectivity index (χ2v) is 9.52. The number of hydrogen-bond donors (Lipinski definition) is 1. The van der Waals surface area contributed by atoms with E-state index in [-0.39, 0.29) is 5.75 Å². The second-order valence-electron chi connectivity index (χ2n) is 9.52. The van der Waals surface area contributed by atoms with Gasteiger partial charge in [-0.3, -0.25) is 0 Å². The first kappa shape index (κ1) is 28.0. The van der Waals surface area contributed by atoms with Crippen molar-refractivity contribution in [3.8, 4) is 11.5 Å². The molecule has 190 valence electrons. The maximum absolute atomic E-state index is 11.8. The zero-order valence-corrected chi connectivity index (χ0v) is 21.6. The molecule has 0 amide bonds. The van der Waals surface area contributed by atoms with Gasteiger partial charge < -0.3 is 14.6 Å². The van der Waals surface area contributed by atoms with E-state index in [1.165, 1.54) is 109 Å². The number of aromatic hydroxyl groups is 1. The van der Waals surface area contributed by atoms with Crippen LogP contribution in [0, 0.1) is 0 Å². The summed E-state index contributed by atoms with van der Waals surface area (Å²) < 4.78 is 10.7. The number of carbonyl (C=O) groups is 1. The first-order valence-corrected chi connectivity index (χ1v) is 13.6. The van der Waals surface area contributed by atoms with Crippen molar-refractivity contribution in [3.63, 3.8) is 0 Å². The number of hydrogen-bond acceptors (Lipinski definition) is 4. The first-order valence-electron chi connectivity index (χ1n) is 13.6. The monoisotopic (exact) mass is 470 g/mol. The SMILES string of the molecule is CCCCCCCCCCCCCCCCCCOc1ccc2c(O)cc(C(=O)OC)cc2c1. The van der Waals surface area contributed by atoms with Gasteiger partial charge in [0.25, 0.3) is 0 Å². The summed E-state index contributed by atoms with van der Waals surface area (Å²) in [5, 5.41) is 11.6. The Balaban J connectivity index is 1.49. The van der Waals surface area contributed by atoms with Crippen LogP contribution in [0.15, 0.2) is 30.3 Å². The molecule has 0 aliphatic carbocycles. The van der Waals surface area contributed by atoms with Crippen LogP contribution >= 0.6 is 0 Å². The van der Waals surface area contributed by atoms with Gasteiger partial charge in [-0.05, 0) is 42.1 Å². The molecule has 0 aliphatic rings. The van der Waals surface area contributed by atoms with Crippen molar-refractivity contribution < 1.29 is 19.4 Å². The van der Waals surface area contributed by atoms with Crippen molar-refractivity contribution in [3.05, 3.63) is 35.9 Å². The van der Waals surface area contributed by atoms with Gasteiger partial charge in [0, 0.05) is 5.39 Å². The molecule has 2 rings (SSSR count). The average Bonchev–Trinajstić information content (AvgIpc) is 2.85. The van der Waals surface area contributed by atoms with Crippen LogP contribution in [-0.2, 0) is 4.74 Å². The third-order valence-electron chi connectivity index (χ3n) is 6.59. The number of unbranched alkanes of at least 4 members (excludes halogenated alkanes) is 15. The first-order chi connectivity index (χ1) is 16.7. The summed E-state index contributed by atoms with van der Waals surface area (Å²) in [5.41, 5.74) is 0.336. The summed E-state index contributed by atoms with van der Waals surface area (Å²) in [6.07, 6.45) is 21.7. The summed E-state index contributed by atoms with van der Waals surface area (Å²) in [6, 6.07) is 8.72. The van der Waals surface area contributed by atoms with Gasteiger partial charge in [-0.15, -0.1) is 0 Å². The molecule has 0 saturated heterocycles. The maximum atomic E-state index is 11.8. The van der Waals surface area contributed by atoms with Crippen LogP contribution in [0.1, 0.15) is 120 Å². The molecule has 0 aromatic heterocycles. The summed E-state index contributed by atoms with van der Waals surface area (Å²) in [6.45, 7) is 2.97. The van der Waals surface area contributed by atoms with E-state index in [1.54, 1.807) is 6.07 Å². The van der Waals surface area contributed by atoms with Crippen LogP contribution < -0.4 is 4.74 Å². The number of methoxy groups -OCH3 is 1. The fraction of sp³-hybridized carbons (Fsp3) is 0.633. The van der Waals surface area contributed by atoms with E-state index < -0.39 is 5.97 Å². The Hall–Kier alpha value is -2.23. The second kappa shape index (κ2) is 17.2. The van der Waals surface area contributed by atoms with Gasteiger partial charge in [-0.2, -0.15) is 0 Å². The molecule has 0 heterocycles. The Morgan fingerprint density at radius 2 is 1.26 bits per heavy atom. The summed E-state index contributed by atoms with van der Waals surface area (Å²) >= 11 is 0. The highest BCUT2D eigenvalue weighted by Crippen LogP contribution is 2.30. The molecule has 0 spiro atoms. The zero-order valence-electron chi connectivity index (χ0n) is 21.6. The van der Waals surface area contributed by atoms with E-state index >= 15 is 0 Å². The fourth-order valence-electron chi connectivity index (χ4n) is 4.49. The normalized spacial score (nSPS) is 11.1. The molecule has 2 aromatic carbocycles. The lowest BCUT2D eigenvalue weighted by Gasteiger charge is -2.09. The number of phenolic OH excluding ortho intramolecular Hbond substituents is 1. The molecule has 0 bridgehead atoms. The third-order valence-corrected chi connectivity index (χ3v) is 6.59. The quantitative estimate of drug-likeness (QED) is 0.164. The lowest BCUT2D eigenvalue weighted by atomic mass is 10.0. The number of phenols is 1. The third kappa shape index (κ3) is 10.8. The summed E-state index contributed by atoms with van der Waals surface area (Å²) in [7, 11) is 1.33. The molecule has 0 fully saturated rings. The molecular weight excluding hydrogens is 424 g/mol. The lowest BCUT2D eigenvalue weighted by molar-refractivity contribution is 0.0600. The highest BCUT2D eigenvalue weighted by Gasteiger charge is 2.10. The van der Waals surface area contributed by atoms with Crippen molar-refractivity contribution in [2.45, 2.75) is 110 Å². The molecule has 1 N–H and O–H groups in total.